The molecule has 2 saturated carbocycles. The van der Waals surface area contributed by atoms with Crippen molar-refractivity contribution < 1.29 is 0 Å². The normalized spacial score (nSPS) is 37.4. The van der Waals surface area contributed by atoms with E-state index in [1.807, 2.05) is 6.20 Å². The van der Waals surface area contributed by atoms with Crippen molar-refractivity contribution in [2.75, 3.05) is 0 Å². The predicted octanol–water partition coefficient (Wildman–Crippen LogP) is 6.50. The minimum Gasteiger partial charge on any atom is -0.269 e. The first-order valence-electron chi connectivity index (χ1n) is 9.81. The van der Waals surface area contributed by atoms with E-state index in [2.05, 4.69) is 45.0 Å². The number of hydrogen-bond acceptors (Lipinski definition) is 1. The maximum absolute atomic E-state index is 4.17. The first-order valence-corrected chi connectivity index (χ1v) is 9.81. The molecule has 0 amide bonds. The van der Waals surface area contributed by atoms with Crippen LogP contribution in [0.5, 0.6) is 0 Å². The fraction of sp³-hybridized carbons (Fsp3) is 0.857. The molecule has 1 heteroatoms. The first-order chi connectivity index (χ1) is 10.6. The summed E-state index contributed by atoms with van der Waals surface area (Å²) in [5.41, 5.74) is 0. The average molecular weight is 304 g/mol. The molecule has 0 N–H and O–H groups in total. The van der Waals surface area contributed by atoms with Crippen LogP contribution in [0.1, 0.15) is 79.1 Å². The Morgan fingerprint density at radius 3 is 2.41 bits per heavy atom. The molecule has 1 nitrogen and oxygen atoms in total. The number of fused-ring (bicyclic) bond motifs is 1. The van der Waals surface area contributed by atoms with E-state index in [0.717, 1.165) is 17.8 Å². The predicted molar refractivity (Wildman–Crippen MR) is 98.2 cm³/mol. The summed E-state index contributed by atoms with van der Waals surface area (Å²) in [5, 5.41) is 0. The van der Waals surface area contributed by atoms with Gasteiger partial charge in [0.25, 0.3) is 0 Å². The molecule has 3 aliphatic rings. The van der Waals surface area contributed by atoms with Gasteiger partial charge in [0.15, 0.2) is 0 Å². The molecule has 0 spiro atoms. The Bertz CT molecular complexity index is 368. The Balaban J connectivity index is 0.000000160. The summed E-state index contributed by atoms with van der Waals surface area (Å²) >= 11 is 0. The third-order valence-electron chi connectivity index (χ3n) is 6.21. The van der Waals surface area contributed by atoms with Crippen LogP contribution in [0.15, 0.2) is 17.3 Å². The molecule has 1 heterocycles. The molecule has 0 bridgehead atoms. The van der Waals surface area contributed by atoms with Crippen LogP contribution >= 0.6 is 0 Å². The lowest BCUT2D eigenvalue weighted by atomic mass is 9.68. The first kappa shape index (κ1) is 17.8. The highest BCUT2D eigenvalue weighted by molar-refractivity contribution is 5.64. The molecule has 22 heavy (non-hydrogen) atoms. The molecule has 0 aromatic carbocycles. The SMILES string of the molecule is CC1CCC2CCCCC2C1.CCC1C=CN=CC1C(C)C. The second-order valence-corrected chi connectivity index (χ2v) is 8.26. The van der Waals surface area contributed by atoms with Crippen LogP contribution in [0.2, 0.25) is 0 Å². The Labute approximate surface area is 138 Å². The number of nitrogens with zero attached hydrogens (tertiary/aromatic N) is 1. The molecule has 0 saturated heterocycles. The topological polar surface area (TPSA) is 12.4 Å². The highest BCUT2D eigenvalue weighted by Crippen LogP contribution is 2.42. The van der Waals surface area contributed by atoms with Crippen molar-refractivity contribution in [3.63, 3.8) is 0 Å². The van der Waals surface area contributed by atoms with Crippen LogP contribution in [0, 0.1) is 35.5 Å². The molecule has 2 aliphatic carbocycles. The van der Waals surface area contributed by atoms with E-state index in [1.54, 1.807) is 25.7 Å². The van der Waals surface area contributed by atoms with Crippen molar-refractivity contribution in [1.29, 1.82) is 0 Å². The smallest absolute Gasteiger partial charge is 0.0227 e. The van der Waals surface area contributed by atoms with Crippen molar-refractivity contribution in [1.82, 2.24) is 0 Å². The molecule has 0 aromatic rings. The van der Waals surface area contributed by atoms with Gasteiger partial charge in [-0.3, -0.25) is 4.99 Å². The molecule has 0 radical (unpaired) electrons. The van der Waals surface area contributed by atoms with E-state index >= 15 is 0 Å². The molecule has 126 valence electrons. The fourth-order valence-electron chi connectivity index (χ4n) is 4.73. The molecule has 5 atom stereocenters. The summed E-state index contributed by atoms with van der Waals surface area (Å²) in [4.78, 5) is 4.17. The quantitative estimate of drug-likeness (QED) is 0.552. The Morgan fingerprint density at radius 2 is 1.77 bits per heavy atom. The largest absolute Gasteiger partial charge is 0.269 e. The number of allylic oxidation sites excluding steroid dienone is 1. The lowest BCUT2D eigenvalue weighted by molar-refractivity contribution is 0.137. The summed E-state index contributed by atoms with van der Waals surface area (Å²) in [6.07, 6.45) is 18.2. The fourth-order valence-corrected chi connectivity index (χ4v) is 4.73. The van der Waals surface area contributed by atoms with Gasteiger partial charge in [0.1, 0.15) is 0 Å². The van der Waals surface area contributed by atoms with Crippen LogP contribution in [0.4, 0.5) is 0 Å². The van der Waals surface area contributed by atoms with Crippen LogP contribution in [-0.2, 0) is 0 Å². The standard InChI is InChI=1S/C11H20.C10H17N/c1-9-6-7-10-4-2-3-5-11(10)8-9;1-4-9-5-6-11-7-10(9)8(2)3/h9-11H,2-8H2,1H3;5-10H,4H2,1-3H3. The second kappa shape index (κ2) is 8.89. The monoisotopic (exact) mass is 303 g/mol. The Morgan fingerprint density at radius 1 is 1.05 bits per heavy atom. The average Bonchev–Trinajstić information content (AvgIpc) is 2.55. The Hall–Kier alpha value is -0.590. The summed E-state index contributed by atoms with van der Waals surface area (Å²) in [7, 11) is 0. The molecular weight excluding hydrogens is 266 g/mol. The van der Waals surface area contributed by atoms with Crippen LogP contribution in [0.25, 0.3) is 0 Å². The van der Waals surface area contributed by atoms with Crippen LogP contribution in [-0.4, -0.2) is 6.21 Å². The summed E-state index contributed by atoms with van der Waals surface area (Å²) in [6, 6.07) is 0. The lowest BCUT2D eigenvalue weighted by Crippen LogP contribution is -2.26. The second-order valence-electron chi connectivity index (χ2n) is 8.26. The van der Waals surface area contributed by atoms with Gasteiger partial charge in [-0.05, 0) is 48.9 Å². The number of hydrogen-bond donors (Lipinski definition) is 0. The number of rotatable bonds is 2. The van der Waals surface area contributed by atoms with Gasteiger partial charge in [0, 0.05) is 18.3 Å². The van der Waals surface area contributed by atoms with Crippen molar-refractivity contribution in [2.45, 2.75) is 79.1 Å². The highest BCUT2D eigenvalue weighted by atomic mass is 14.7. The minimum atomic E-state index is 0.657. The van der Waals surface area contributed by atoms with E-state index < -0.39 is 0 Å². The van der Waals surface area contributed by atoms with Gasteiger partial charge in [-0.25, -0.2) is 0 Å². The maximum Gasteiger partial charge on any atom is 0.0227 e. The van der Waals surface area contributed by atoms with Crippen LogP contribution < -0.4 is 0 Å². The van der Waals surface area contributed by atoms with Gasteiger partial charge in [-0.1, -0.05) is 65.9 Å². The highest BCUT2D eigenvalue weighted by Gasteiger charge is 2.30. The van der Waals surface area contributed by atoms with E-state index in [4.69, 9.17) is 0 Å². The summed E-state index contributed by atoms with van der Waals surface area (Å²) < 4.78 is 0. The lowest BCUT2D eigenvalue weighted by Gasteiger charge is -2.38. The van der Waals surface area contributed by atoms with E-state index in [1.165, 1.54) is 25.7 Å². The van der Waals surface area contributed by atoms with Crippen molar-refractivity contribution in [2.24, 2.45) is 40.5 Å². The molecule has 1 aliphatic heterocycles. The van der Waals surface area contributed by atoms with Gasteiger partial charge in [0.2, 0.25) is 0 Å². The van der Waals surface area contributed by atoms with E-state index in [9.17, 15) is 0 Å². The third kappa shape index (κ3) is 4.96. The molecule has 2 fully saturated rings. The van der Waals surface area contributed by atoms with E-state index in [-0.39, 0.29) is 0 Å². The van der Waals surface area contributed by atoms with Gasteiger partial charge in [0.05, 0.1) is 0 Å². The third-order valence-corrected chi connectivity index (χ3v) is 6.21. The van der Waals surface area contributed by atoms with Crippen molar-refractivity contribution >= 4 is 6.21 Å². The van der Waals surface area contributed by atoms with Gasteiger partial charge < -0.3 is 0 Å². The van der Waals surface area contributed by atoms with Gasteiger partial charge in [-0.2, -0.15) is 0 Å². The Kier molecular flexibility index (Phi) is 7.18. The van der Waals surface area contributed by atoms with Crippen molar-refractivity contribution in [3.8, 4) is 0 Å². The van der Waals surface area contributed by atoms with Gasteiger partial charge >= 0.3 is 0 Å². The van der Waals surface area contributed by atoms with Crippen LogP contribution in [0.3, 0.4) is 0 Å². The summed E-state index contributed by atoms with van der Waals surface area (Å²) in [5.74, 6) is 5.40. The van der Waals surface area contributed by atoms with Gasteiger partial charge in [-0.15, -0.1) is 0 Å². The zero-order valence-corrected chi connectivity index (χ0v) is 15.3. The number of aliphatic imine (C=N–C) groups is 1. The zero-order valence-electron chi connectivity index (χ0n) is 15.3. The molecular formula is C21H37N. The van der Waals surface area contributed by atoms with Crippen molar-refractivity contribution in [3.05, 3.63) is 12.3 Å². The zero-order chi connectivity index (χ0) is 15.9. The molecule has 5 unspecified atom stereocenters. The summed E-state index contributed by atoms with van der Waals surface area (Å²) in [6.45, 7) is 9.20. The van der Waals surface area contributed by atoms with E-state index in [0.29, 0.717) is 17.8 Å². The maximum atomic E-state index is 4.17. The molecule has 0 aromatic heterocycles. The molecule has 3 rings (SSSR count). The minimum absolute atomic E-state index is 0.657.